The second-order valence-electron chi connectivity index (χ2n) is 14.2. The SMILES string of the molecule is CC/C=C\C/C=C\C/C=C\C/C=C\CCCOCC(COC(=O)CCCCCCCCC/C=C\CCCCCCCC)OC(=O)CCCCCCC. The van der Waals surface area contributed by atoms with Crippen molar-refractivity contribution < 1.29 is 23.8 Å². The number of carbonyl (C=O) groups is 2. The first kappa shape index (κ1) is 49.6. The normalized spacial score (nSPS) is 12.8. The van der Waals surface area contributed by atoms with Gasteiger partial charge in [-0.1, -0.05) is 171 Å². The smallest absolute Gasteiger partial charge is 0.306 e. The lowest BCUT2D eigenvalue weighted by Crippen LogP contribution is -2.30. The van der Waals surface area contributed by atoms with Crippen molar-refractivity contribution in [2.24, 2.45) is 0 Å². The van der Waals surface area contributed by atoms with Gasteiger partial charge in [-0.3, -0.25) is 9.59 Å². The number of hydrogen-bond acceptors (Lipinski definition) is 5. The molecule has 0 rings (SSSR count). The molecule has 5 heteroatoms. The van der Waals surface area contributed by atoms with Crippen molar-refractivity contribution in [1.29, 1.82) is 0 Å². The topological polar surface area (TPSA) is 61.8 Å². The summed E-state index contributed by atoms with van der Waals surface area (Å²) in [7, 11) is 0. The first-order valence-corrected chi connectivity index (χ1v) is 21.8. The Morgan fingerprint density at radius 1 is 0.442 bits per heavy atom. The number of carbonyl (C=O) groups excluding carboxylic acids is 2. The summed E-state index contributed by atoms with van der Waals surface area (Å²) in [5, 5.41) is 0. The lowest BCUT2D eigenvalue weighted by atomic mass is 10.1. The summed E-state index contributed by atoms with van der Waals surface area (Å²) in [6.45, 7) is 7.49. The first-order valence-electron chi connectivity index (χ1n) is 21.8. The maximum absolute atomic E-state index is 12.5. The molecule has 0 aromatic rings. The maximum Gasteiger partial charge on any atom is 0.306 e. The van der Waals surface area contributed by atoms with Crippen LogP contribution in [0.3, 0.4) is 0 Å². The molecular weight excluding hydrogens is 645 g/mol. The van der Waals surface area contributed by atoms with Crippen LogP contribution in [0.5, 0.6) is 0 Å². The van der Waals surface area contributed by atoms with Crippen LogP contribution in [-0.4, -0.2) is 37.9 Å². The molecule has 0 aromatic carbocycles. The lowest BCUT2D eigenvalue weighted by molar-refractivity contribution is -0.163. The Balaban J connectivity index is 4.14. The zero-order valence-electron chi connectivity index (χ0n) is 34.3. The molecular formula is C47H82O5. The zero-order valence-corrected chi connectivity index (χ0v) is 34.3. The molecule has 0 aliphatic rings. The van der Waals surface area contributed by atoms with Crippen molar-refractivity contribution in [1.82, 2.24) is 0 Å². The molecule has 0 saturated heterocycles. The van der Waals surface area contributed by atoms with Crippen LogP contribution in [0.1, 0.15) is 201 Å². The average Bonchev–Trinajstić information content (AvgIpc) is 3.14. The molecule has 300 valence electrons. The van der Waals surface area contributed by atoms with E-state index in [-0.39, 0.29) is 25.2 Å². The Labute approximate surface area is 322 Å². The number of allylic oxidation sites excluding steroid dienone is 10. The third-order valence-corrected chi connectivity index (χ3v) is 9.04. The van der Waals surface area contributed by atoms with Crippen LogP contribution in [0.25, 0.3) is 0 Å². The highest BCUT2D eigenvalue weighted by Crippen LogP contribution is 2.13. The molecule has 1 atom stereocenters. The minimum atomic E-state index is -0.560. The Morgan fingerprint density at radius 3 is 1.40 bits per heavy atom. The van der Waals surface area contributed by atoms with Gasteiger partial charge in [0.15, 0.2) is 6.10 Å². The molecule has 5 nitrogen and oxygen atoms in total. The highest BCUT2D eigenvalue weighted by Gasteiger charge is 2.17. The van der Waals surface area contributed by atoms with E-state index in [2.05, 4.69) is 81.5 Å². The Bertz CT molecular complexity index is 915. The molecule has 0 radical (unpaired) electrons. The molecule has 1 unspecified atom stereocenters. The molecule has 0 fully saturated rings. The van der Waals surface area contributed by atoms with Gasteiger partial charge in [-0.25, -0.2) is 0 Å². The van der Waals surface area contributed by atoms with Gasteiger partial charge >= 0.3 is 11.9 Å². The molecule has 0 aliphatic carbocycles. The van der Waals surface area contributed by atoms with Gasteiger partial charge in [-0.2, -0.15) is 0 Å². The first-order chi connectivity index (χ1) is 25.6. The van der Waals surface area contributed by atoms with Crippen LogP contribution in [0.2, 0.25) is 0 Å². The van der Waals surface area contributed by atoms with Gasteiger partial charge in [-0.15, -0.1) is 0 Å². The third kappa shape index (κ3) is 40.4. The van der Waals surface area contributed by atoms with E-state index < -0.39 is 6.10 Å². The third-order valence-electron chi connectivity index (χ3n) is 9.04. The maximum atomic E-state index is 12.5. The molecule has 0 heterocycles. The van der Waals surface area contributed by atoms with Gasteiger partial charge < -0.3 is 14.2 Å². The summed E-state index contributed by atoms with van der Waals surface area (Å²) >= 11 is 0. The number of rotatable bonds is 39. The summed E-state index contributed by atoms with van der Waals surface area (Å²) in [5.74, 6) is -0.446. The van der Waals surface area contributed by atoms with Crippen LogP contribution < -0.4 is 0 Å². The van der Waals surface area contributed by atoms with E-state index in [0.717, 1.165) is 77.0 Å². The van der Waals surface area contributed by atoms with Gasteiger partial charge in [0.25, 0.3) is 0 Å². The minimum Gasteiger partial charge on any atom is -0.462 e. The molecule has 0 amide bonds. The van der Waals surface area contributed by atoms with E-state index in [9.17, 15) is 9.59 Å². The second kappa shape index (κ2) is 43.0. The van der Waals surface area contributed by atoms with E-state index >= 15 is 0 Å². The molecule has 0 saturated carbocycles. The van der Waals surface area contributed by atoms with Gasteiger partial charge in [0, 0.05) is 19.4 Å². The van der Waals surface area contributed by atoms with Gasteiger partial charge in [-0.05, 0) is 77.0 Å². The van der Waals surface area contributed by atoms with Crippen LogP contribution >= 0.6 is 0 Å². The second-order valence-corrected chi connectivity index (χ2v) is 14.2. The van der Waals surface area contributed by atoms with Crippen molar-refractivity contribution in [3.8, 4) is 0 Å². The number of ether oxygens (including phenoxy) is 3. The fraction of sp³-hybridized carbons (Fsp3) is 0.745. The molecule has 0 N–H and O–H groups in total. The van der Waals surface area contributed by atoms with E-state index in [0.29, 0.717) is 19.4 Å². The molecule has 0 spiro atoms. The average molecular weight is 727 g/mol. The predicted octanol–water partition coefficient (Wildman–Crippen LogP) is 14.2. The largest absolute Gasteiger partial charge is 0.462 e. The molecule has 52 heavy (non-hydrogen) atoms. The van der Waals surface area contributed by atoms with Crippen molar-refractivity contribution in [2.45, 2.75) is 207 Å². The number of esters is 2. The van der Waals surface area contributed by atoms with E-state index in [1.165, 1.54) is 89.9 Å². The molecule has 0 bridgehead atoms. The summed E-state index contributed by atoms with van der Waals surface area (Å²) in [4.78, 5) is 25.0. The van der Waals surface area contributed by atoms with Crippen molar-refractivity contribution >= 4 is 11.9 Å². The predicted molar refractivity (Wildman–Crippen MR) is 224 cm³/mol. The quantitative estimate of drug-likeness (QED) is 0.0358. The highest BCUT2D eigenvalue weighted by atomic mass is 16.6. The number of unbranched alkanes of at least 4 members (excludes halogenated alkanes) is 18. The summed E-state index contributed by atoms with van der Waals surface area (Å²) in [5.41, 5.74) is 0. The van der Waals surface area contributed by atoms with Crippen LogP contribution in [0.4, 0.5) is 0 Å². The van der Waals surface area contributed by atoms with Crippen molar-refractivity contribution in [3.05, 3.63) is 60.8 Å². The van der Waals surface area contributed by atoms with Crippen LogP contribution in [0.15, 0.2) is 60.8 Å². The monoisotopic (exact) mass is 727 g/mol. The van der Waals surface area contributed by atoms with Crippen molar-refractivity contribution in [3.63, 3.8) is 0 Å². The summed E-state index contributed by atoms with van der Waals surface area (Å²) < 4.78 is 17.1. The highest BCUT2D eigenvalue weighted by molar-refractivity contribution is 5.70. The minimum absolute atomic E-state index is 0.0602. The zero-order chi connectivity index (χ0) is 37.8. The van der Waals surface area contributed by atoms with Gasteiger partial charge in [0.1, 0.15) is 6.61 Å². The van der Waals surface area contributed by atoms with Crippen LogP contribution in [-0.2, 0) is 23.8 Å². The lowest BCUT2D eigenvalue weighted by Gasteiger charge is -2.18. The molecule has 0 aromatic heterocycles. The van der Waals surface area contributed by atoms with Crippen molar-refractivity contribution in [2.75, 3.05) is 19.8 Å². The van der Waals surface area contributed by atoms with E-state index in [1.807, 2.05) is 0 Å². The Morgan fingerprint density at radius 2 is 0.865 bits per heavy atom. The standard InChI is InChI=1S/C47H82O5/c1-4-7-10-13-15-17-19-21-23-24-25-26-28-30-32-35-37-40-46(48)51-44-45(52-47(49)41-38-34-12-9-6-3)43-50-42-39-36-33-31-29-27-22-20-18-16-14-11-8-5-2/h8,11,16,18,21-23,27,31,33,45H,4-7,9-10,12-15,17,19-20,24-26,28-30,32,34-44H2,1-3H3/b11-8-,18-16-,23-21-,27-22-,33-31-. The fourth-order valence-corrected chi connectivity index (χ4v) is 5.80. The van der Waals surface area contributed by atoms with E-state index in [1.54, 1.807) is 0 Å². The fourth-order valence-electron chi connectivity index (χ4n) is 5.80. The van der Waals surface area contributed by atoms with Gasteiger partial charge in [0.2, 0.25) is 0 Å². The van der Waals surface area contributed by atoms with Crippen LogP contribution in [0, 0.1) is 0 Å². The molecule has 0 aliphatic heterocycles. The summed E-state index contributed by atoms with van der Waals surface area (Å²) in [6.07, 6.45) is 52.6. The van der Waals surface area contributed by atoms with E-state index in [4.69, 9.17) is 14.2 Å². The van der Waals surface area contributed by atoms with Gasteiger partial charge in [0.05, 0.1) is 6.61 Å². The summed E-state index contributed by atoms with van der Waals surface area (Å²) in [6, 6.07) is 0. The Hall–Kier alpha value is -2.40. The Kier molecular flexibility index (Phi) is 41.0. The number of hydrogen-bond donors (Lipinski definition) is 0.